The minimum Gasteiger partial charge on any atom is -0.348 e. The Labute approximate surface area is 138 Å². The van der Waals surface area contributed by atoms with Crippen molar-refractivity contribution in [2.75, 3.05) is 0 Å². The average molecular weight is 328 g/mol. The highest BCUT2D eigenvalue weighted by Crippen LogP contribution is 2.09. The van der Waals surface area contributed by atoms with Crippen LogP contribution in [0.15, 0.2) is 42.9 Å². The number of aryl methyl sites for hydroxylation is 1. The van der Waals surface area contributed by atoms with Gasteiger partial charge in [-0.3, -0.25) is 4.79 Å². The summed E-state index contributed by atoms with van der Waals surface area (Å²) in [7, 11) is 0. The molecule has 0 aliphatic rings. The van der Waals surface area contributed by atoms with Crippen LogP contribution in [0, 0.1) is 5.82 Å². The number of carbonyl (C=O) groups excluding carboxylic acids is 1. The molecule has 0 bridgehead atoms. The summed E-state index contributed by atoms with van der Waals surface area (Å²) in [6, 6.07) is 7.76. The normalized spacial score (nSPS) is 10.8. The maximum Gasteiger partial charge on any atom is 0.226 e. The molecular formula is C16H17FN6O. The first-order chi connectivity index (χ1) is 11.7. The van der Waals surface area contributed by atoms with E-state index in [0.29, 0.717) is 24.6 Å². The van der Waals surface area contributed by atoms with Gasteiger partial charge in [0.1, 0.15) is 18.0 Å². The summed E-state index contributed by atoms with van der Waals surface area (Å²) in [6.07, 6.45) is 3.37. The lowest BCUT2D eigenvalue weighted by Gasteiger charge is -2.05. The predicted octanol–water partition coefficient (Wildman–Crippen LogP) is 1.48. The van der Waals surface area contributed by atoms with Crippen LogP contribution in [-0.4, -0.2) is 30.5 Å². The van der Waals surface area contributed by atoms with Crippen molar-refractivity contribution in [1.29, 1.82) is 0 Å². The molecule has 0 aliphatic heterocycles. The van der Waals surface area contributed by atoms with Gasteiger partial charge < -0.3 is 5.32 Å². The van der Waals surface area contributed by atoms with Crippen molar-refractivity contribution in [2.45, 2.75) is 26.4 Å². The van der Waals surface area contributed by atoms with Crippen molar-refractivity contribution < 1.29 is 9.18 Å². The minimum atomic E-state index is -0.301. The third-order valence-electron chi connectivity index (χ3n) is 3.52. The van der Waals surface area contributed by atoms with Gasteiger partial charge in [0.25, 0.3) is 0 Å². The largest absolute Gasteiger partial charge is 0.348 e. The first kappa shape index (κ1) is 15.9. The number of aromatic nitrogens is 5. The first-order valence-electron chi connectivity index (χ1n) is 7.59. The van der Waals surface area contributed by atoms with Crippen LogP contribution in [0.4, 0.5) is 4.39 Å². The van der Waals surface area contributed by atoms with Crippen LogP contribution in [0.1, 0.15) is 18.4 Å². The summed E-state index contributed by atoms with van der Waals surface area (Å²) < 4.78 is 16.3. The molecule has 8 heteroatoms. The molecule has 3 aromatic rings. The Kier molecular flexibility index (Phi) is 4.64. The Balaban J connectivity index is 1.58. The molecule has 1 amide bonds. The second-order valence-corrected chi connectivity index (χ2v) is 5.17. The molecule has 1 aromatic carbocycles. The van der Waals surface area contributed by atoms with Gasteiger partial charge in [-0.05, 0) is 37.3 Å². The van der Waals surface area contributed by atoms with Gasteiger partial charge in [0.05, 0.1) is 24.3 Å². The number of hydrogen-bond acceptors (Lipinski definition) is 4. The van der Waals surface area contributed by atoms with Gasteiger partial charge >= 0.3 is 0 Å². The summed E-state index contributed by atoms with van der Waals surface area (Å²) in [5.41, 5.74) is 1.37. The summed E-state index contributed by atoms with van der Waals surface area (Å²) in [5, 5.41) is 11.2. The van der Waals surface area contributed by atoms with E-state index in [9.17, 15) is 9.18 Å². The van der Waals surface area contributed by atoms with Crippen molar-refractivity contribution in [2.24, 2.45) is 0 Å². The quantitative estimate of drug-likeness (QED) is 0.743. The van der Waals surface area contributed by atoms with Crippen molar-refractivity contribution in [3.63, 3.8) is 0 Å². The minimum absolute atomic E-state index is 0.148. The van der Waals surface area contributed by atoms with Gasteiger partial charge in [0.15, 0.2) is 0 Å². The number of nitrogens with one attached hydrogen (secondary N) is 1. The fourth-order valence-corrected chi connectivity index (χ4v) is 2.29. The van der Waals surface area contributed by atoms with Crippen LogP contribution in [-0.2, 0) is 24.3 Å². The van der Waals surface area contributed by atoms with Gasteiger partial charge in [-0.2, -0.15) is 10.2 Å². The fraction of sp³-hybridized carbons (Fsp3) is 0.250. The molecule has 124 valence electrons. The molecule has 0 radical (unpaired) electrons. The highest BCUT2D eigenvalue weighted by atomic mass is 19.1. The number of carbonyl (C=O) groups is 1. The van der Waals surface area contributed by atoms with E-state index < -0.39 is 0 Å². The Bertz CT molecular complexity index is 823. The van der Waals surface area contributed by atoms with Crippen molar-refractivity contribution >= 4 is 5.91 Å². The van der Waals surface area contributed by atoms with E-state index >= 15 is 0 Å². The standard InChI is InChI=1S/C16H17FN6O/c1-2-22-15(19-11-20-22)10-18-16(24)9-13-7-8-23(21-13)14-5-3-12(17)4-6-14/h3-8,11H,2,9-10H2,1H3,(H,18,24). The number of nitrogens with zero attached hydrogens (tertiary/aromatic N) is 5. The predicted molar refractivity (Wildman–Crippen MR) is 84.8 cm³/mol. The van der Waals surface area contributed by atoms with Crippen LogP contribution in [0.2, 0.25) is 0 Å². The van der Waals surface area contributed by atoms with E-state index in [0.717, 1.165) is 5.69 Å². The molecule has 0 saturated carbocycles. The zero-order valence-corrected chi connectivity index (χ0v) is 13.2. The molecule has 2 aromatic heterocycles. The zero-order valence-electron chi connectivity index (χ0n) is 13.2. The molecule has 0 unspecified atom stereocenters. The monoisotopic (exact) mass is 328 g/mol. The van der Waals surface area contributed by atoms with Crippen molar-refractivity contribution in [3.8, 4) is 5.69 Å². The van der Waals surface area contributed by atoms with Gasteiger partial charge in [0.2, 0.25) is 5.91 Å². The topological polar surface area (TPSA) is 77.6 Å². The molecule has 0 saturated heterocycles. The maximum absolute atomic E-state index is 12.9. The summed E-state index contributed by atoms with van der Waals surface area (Å²) in [4.78, 5) is 16.1. The SMILES string of the molecule is CCn1ncnc1CNC(=O)Cc1ccn(-c2ccc(F)cc2)n1. The highest BCUT2D eigenvalue weighted by molar-refractivity contribution is 5.77. The average Bonchev–Trinajstić information content (AvgIpc) is 3.22. The van der Waals surface area contributed by atoms with Crippen molar-refractivity contribution in [1.82, 2.24) is 29.9 Å². The highest BCUT2D eigenvalue weighted by Gasteiger charge is 2.09. The smallest absolute Gasteiger partial charge is 0.226 e. The molecule has 1 N–H and O–H groups in total. The van der Waals surface area contributed by atoms with Gasteiger partial charge in [-0.1, -0.05) is 0 Å². The van der Waals surface area contributed by atoms with E-state index in [1.165, 1.54) is 18.5 Å². The first-order valence-corrected chi connectivity index (χ1v) is 7.59. The Morgan fingerprint density at radius 1 is 1.25 bits per heavy atom. The molecule has 0 atom stereocenters. The third kappa shape index (κ3) is 3.65. The van der Waals surface area contributed by atoms with Crippen LogP contribution in [0.3, 0.4) is 0 Å². The lowest BCUT2D eigenvalue weighted by Crippen LogP contribution is -2.26. The fourth-order valence-electron chi connectivity index (χ4n) is 2.29. The summed E-state index contributed by atoms with van der Waals surface area (Å²) in [5.74, 6) is 0.262. The van der Waals surface area contributed by atoms with E-state index in [4.69, 9.17) is 0 Å². The molecule has 3 rings (SSSR count). The van der Waals surface area contributed by atoms with Gasteiger partial charge in [-0.15, -0.1) is 0 Å². The second kappa shape index (κ2) is 7.03. The molecule has 24 heavy (non-hydrogen) atoms. The van der Waals surface area contributed by atoms with Gasteiger partial charge in [0, 0.05) is 12.7 Å². The Morgan fingerprint density at radius 2 is 2.04 bits per heavy atom. The van der Waals surface area contributed by atoms with E-state index in [1.54, 1.807) is 33.8 Å². The van der Waals surface area contributed by atoms with Crippen LogP contribution in [0.5, 0.6) is 0 Å². The number of hydrogen-bond donors (Lipinski definition) is 1. The van der Waals surface area contributed by atoms with Crippen LogP contribution < -0.4 is 5.32 Å². The molecule has 0 spiro atoms. The molecule has 7 nitrogen and oxygen atoms in total. The van der Waals surface area contributed by atoms with Gasteiger partial charge in [-0.25, -0.2) is 18.7 Å². The number of amides is 1. The van der Waals surface area contributed by atoms with Crippen LogP contribution in [0.25, 0.3) is 5.69 Å². The summed E-state index contributed by atoms with van der Waals surface area (Å²) >= 11 is 0. The van der Waals surface area contributed by atoms with Crippen molar-refractivity contribution in [3.05, 3.63) is 60.2 Å². The lowest BCUT2D eigenvalue weighted by atomic mass is 10.3. The van der Waals surface area contributed by atoms with E-state index in [-0.39, 0.29) is 18.1 Å². The lowest BCUT2D eigenvalue weighted by molar-refractivity contribution is -0.120. The van der Waals surface area contributed by atoms with E-state index in [1.807, 2.05) is 6.92 Å². The molecule has 0 aliphatic carbocycles. The van der Waals surface area contributed by atoms with E-state index in [2.05, 4.69) is 20.5 Å². The maximum atomic E-state index is 12.9. The molecular weight excluding hydrogens is 311 g/mol. The number of halogens is 1. The second-order valence-electron chi connectivity index (χ2n) is 5.17. The molecule has 0 fully saturated rings. The Morgan fingerprint density at radius 3 is 2.79 bits per heavy atom. The zero-order chi connectivity index (χ0) is 16.9. The number of benzene rings is 1. The third-order valence-corrected chi connectivity index (χ3v) is 3.52. The Hall–Kier alpha value is -3.03. The summed E-state index contributed by atoms with van der Waals surface area (Å²) in [6.45, 7) is 2.99. The van der Waals surface area contributed by atoms with Crippen LogP contribution >= 0.6 is 0 Å². The number of rotatable bonds is 6. The molecule has 2 heterocycles.